The van der Waals surface area contributed by atoms with Gasteiger partial charge in [-0.2, -0.15) is 0 Å². The fraction of sp³-hybridized carbons (Fsp3) is 0.304. The zero-order chi connectivity index (χ0) is 21.8. The molecule has 4 rings (SSSR count). The zero-order valence-corrected chi connectivity index (χ0v) is 18.7. The van der Waals surface area contributed by atoms with Gasteiger partial charge in [-0.1, -0.05) is 59.8 Å². The molecule has 1 unspecified atom stereocenters. The van der Waals surface area contributed by atoms with E-state index < -0.39 is 5.54 Å². The molecule has 8 heteroatoms. The van der Waals surface area contributed by atoms with E-state index >= 15 is 0 Å². The van der Waals surface area contributed by atoms with E-state index in [9.17, 15) is 9.59 Å². The number of benzene rings is 2. The van der Waals surface area contributed by atoms with Crippen molar-refractivity contribution in [3.63, 3.8) is 0 Å². The molecule has 3 aromatic rings. The third-order valence-electron chi connectivity index (χ3n) is 5.67. The topological polar surface area (TPSA) is 76.3 Å². The van der Waals surface area contributed by atoms with E-state index in [0.717, 1.165) is 30.2 Å². The largest absolute Gasteiger partial charge is 0.411 e. The van der Waals surface area contributed by atoms with Crippen LogP contribution in [0.25, 0.3) is 11.5 Å². The molecule has 6 nitrogen and oxygen atoms in total. The summed E-state index contributed by atoms with van der Waals surface area (Å²) >= 11 is 7.63. The van der Waals surface area contributed by atoms with Gasteiger partial charge in [-0.3, -0.25) is 9.59 Å². The molecule has 2 aromatic carbocycles. The predicted octanol–water partition coefficient (Wildman–Crippen LogP) is 4.98. The van der Waals surface area contributed by atoms with E-state index in [1.165, 1.54) is 0 Å². The molecule has 0 aliphatic heterocycles. The first kappa shape index (κ1) is 21.6. The summed E-state index contributed by atoms with van der Waals surface area (Å²) in [7, 11) is 1.68. The molecule has 0 N–H and O–H groups in total. The van der Waals surface area contributed by atoms with Crippen molar-refractivity contribution in [2.45, 2.75) is 36.4 Å². The average molecular weight is 456 g/mol. The molecule has 31 heavy (non-hydrogen) atoms. The number of thioether (sulfide) groups is 1. The molecule has 1 aliphatic carbocycles. The van der Waals surface area contributed by atoms with Gasteiger partial charge in [0.25, 0.3) is 5.22 Å². The number of carbonyl (C=O) groups excluding carboxylic acids is 2. The smallest absolute Gasteiger partial charge is 0.277 e. The zero-order valence-electron chi connectivity index (χ0n) is 17.1. The molecule has 0 saturated heterocycles. The van der Waals surface area contributed by atoms with Crippen molar-refractivity contribution in [3.8, 4) is 11.5 Å². The van der Waals surface area contributed by atoms with Crippen LogP contribution in [0.3, 0.4) is 0 Å². The highest BCUT2D eigenvalue weighted by molar-refractivity contribution is 7.99. The van der Waals surface area contributed by atoms with Crippen LogP contribution in [0.5, 0.6) is 0 Å². The second-order valence-electron chi connectivity index (χ2n) is 7.45. The normalized spacial score (nSPS) is 18.7. The molecule has 1 fully saturated rings. The Hall–Kier alpha value is -2.64. The van der Waals surface area contributed by atoms with Crippen molar-refractivity contribution < 1.29 is 14.0 Å². The predicted molar refractivity (Wildman–Crippen MR) is 120 cm³/mol. The van der Waals surface area contributed by atoms with E-state index in [4.69, 9.17) is 16.0 Å². The van der Waals surface area contributed by atoms with Crippen LogP contribution >= 0.6 is 23.4 Å². The molecule has 0 bridgehead atoms. The number of likely N-dealkylation sites (N-methyl/N-ethyl adjacent to an activating group) is 1. The average Bonchev–Trinajstić information content (AvgIpc) is 3.28. The fourth-order valence-corrected chi connectivity index (χ4v) is 5.00. The number of hydrogen-bond acceptors (Lipinski definition) is 6. The molecule has 1 saturated carbocycles. The number of amides is 1. The van der Waals surface area contributed by atoms with Gasteiger partial charge >= 0.3 is 0 Å². The van der Waals surface area contributed by atoms with Gasteiger partial charge in [0, 0.05) is 29.6 Å². The van der Waals surface area contributed by atoms with Gasteiger partial charge in [-0.05, 0) is 37.5 Å². The number of nitrogens with zero attached hydrogens (tertiary/aromatic N) is 3. The lowest BCUT2D eigenvalue weighted by Gasteiger charge is -2.44. The maximum Gasteiger partial charge on any atom is 0.277 e. The summed E-state index contributed by atoms with van der Waals surface area (Å²) in [6.07, 6.45) is 2.67. The third kappa shape index (κ3) is 4.25. The van der Waals surface area contributed by atoms with Gasteiger partial charge in [0.05, 0.1) is 5.75 Å². The van der Waals surface area contributed by atoms with Crippen LogP contribution in [0.4, 0.5) is 0 Å². The first-order valence-corrected chi connectivity index (χ1v) is 11.5. The van der Waals surface area contributed by atoms with Crippen LogP contribution in [0.15, 0.2) is 64.2 Å². The molecular formula is C23H22ClN3O3S. The standard InChI is InChI=1S/C23H22ClN3O3S/c1-27(23(14-8-7-13-19(23)28)17-11-5-6-12-18(17)24)20(29)15-31-22-26-25-21(30-22)16-9-3-2-4-10-16/h2-6,9-12H,7-8,13-15H2,1H3. The number of ketones is 1. The number of hydrogen-bond donors (Lipinski definition) is 0. The van der Waals surface area contributed by atoms with E-state index in [-0.39, 0.29) is 17.4 Å². The highest BCUT2D eigenvalue weighted by atomic mass is 35.5. The first-order chi connectivity index (χ1) is 15.0. The molecular weight excluding hydrogens is 434 g/mol. The maximum absolute atomic E-state index is 13.1. The Kier molecular flexibility index (Phi) is 6.43. The third-order valence-corrected chi connectivity index (χ3v) is 6.80. The SMILES string of the molecule is CN(C(=O)CSc1nnc(-c2ccccc2)o1)C1(c2ccccc2Cl)CCCCC1=O. The van der Waals surface area contributed by atoms with Crippen LogP contribution in [-0.4, -0.2) is 39.6 Å². The number of aromatic nitrogens is 2. The Labute approximate surface area is 190 Å². The minimum absolute atomic E-state index is 0.0249. The Morgan fingerprint density at radius 3 is 2.61 bits per heavy atom. The number of carbonyl (C=O) groups is 2. The number of rotatable bonds is 6. The van der Waals surface area contributed by atoms with Crippen LogP contribution in [0.1, 0.15) is 31.2 Å². The van der Waals surface area contributed by atoms with Gasteiger partial charge in [0.2, 0.25) is 11.8 Å². The summed E-state index contributed by atoms with van der Waals surface area (Å²) in [5, 5.41) is 8.88. The molecule has 1 amide bonds. The first-order valence-electron chi connectivity index (χ1n) is 10.1. The summed E-state index contributed by atoms with van der Waals surface area (Å²) in [6, 6.07) is 16.7. The lowest BCUT2D eigenvalue weighted by atomic mass is 9.74. The van der Waals surface area contributed by atoms with Crippen LogP contribution in [-0.2, 0) is 15.1 Å². The van der Waals surface area contributed by atoms with Gasteiger partial charge in [-0.15, -0.1) is 10.2 Å². The summed E-state index contributed by atoms with van der Waals surface area (Å²) in [5.41, 5.74) is 0.459. The van der Waals surface area contributed by atoms with E-state index in [1.807, 2.05) is 48.5 Å². The highest BCUT2D eigenvalue weighted by Crippen LogP contribution is 2.42. The van der Waals surface area contributed by atoms with Crippen molar-refractivity contribution in [1.82, 2.24) is 15.1 Å². The molecule has 0 radical (unpaired) electrons. The lowest BCUT2D eigenvalue weighted by molar-refractivity contribution is -0.146. The van der Waals surface area contributed by atoms with Crippen LogP contribution in [0, 0.1) is 0 Å². The van der Waals surface area contributed by atoms with Crippen LogP contribution in [0.2, 0.25) is 5.02 Å². The summed E-state index contributed by atoms with van der Waals surface area (Å²) in [4.78, 5) is 27.8. The Morgan fingerprint density at radius 1 is 1.13 bits per heavy atom. The minimum Gasteiger partial charge on any atom is -0.411 e. The maximum atomic E-state index is 13.1. The van der Waals surface area contributed by atoms with Crippen molar-refractivity contribution in [2.24, 2.45) is 0 Å². The lowest BCUT2D eigenvalue weighted by Crippen LogP contribution is -2.54. The van der Waals surface area contributed by atoms with Crippen molar-refractivity contribution in [3.05, 3.63) is 65.2 Å². The number of Topliss-reactive ketones (excluding diaryl/α,β-unsaturated/α-hetero) is 1. The quantitative estimate of drug-likeness (QED) is 0.488. The van der Waals surface area contributed by atoms with Gasteiger partial charge in [0.1, 0.15) is 5.54 Å². The Balaban J connectivity index is 1.52. The summed E-state index contributed by atoms with van der Waals surface area (Å²) < 4.78 is 5.68. The second-order valence-corrected chi connectivity index (χ2v) is 8.78. The van der Waals surface area contributed by atoms with Crippen molar-refractivity contribution in [2.75, 3.05) is 12.8 Å². The summed E-state index contributed by atoms with van der Waals surface area (Å²) in [6.45, 7) is 0. The molecule has 0 spiro atoms. The Morgan fingerprint density at radius 2 is 1.87 bits per heavy atom. The molecule has 1 aliphatic rings. The van der Waals surface area contributed by atoms with Crippen molar-refractivity contribution in [1.29, 1.82) is 0 Å². The van der Waals surface area contributed by atoms with Gasteiger partial charge < -0.3 is 9.32 Å². The monoisotopic (exact) mass is 455 g/mol. The van der Waals surface area contributed by atoms with Gasteiger partial charge in [-0.25, -0.2) is 0 Å². The molecule has 1 heterocycles. The summed E-state index contributed by atoms with van der Waals surface area (Å²) in [5.74, 6) is 0.308. The molecule has 1 atom stereocenters. The highest BCUT2D eigenvalue weighted by Gasteiger charge is 2.47. The minimum atomic E-state index is -1.04. The Bertz CT molecular complexity index is 1090. The van der Waals surface area contributed by atoms with E-state index in [2.05, 4.69) is 10.2 Å². The van der Waals surface area contributed by atoms with Crippen LogP contribution < -0.4 is 0 Å². The van der Waals surface area contributed by atoms with E-state index in [0.29, 0.717) is 34.5 Å². The molecule has 160 valence electrons. The van der Waals surface area contributed by atoms with Crippen molar-refractivity contribution >= 4 is 35.1 Å². The number of halogens is 1. The molecule has 1 aromatic heterocycles. The fourth-order valence-electron chi connectivity index (χ4n) is 4.03. The van der Waals surface area contributed by atoms with Gasteiger partial charge in [0.15, 0.2) is 5.78 Å². The second kappa shape index (κ2) is 9.24. The van der Waals surface area contributed by atoms with E-state index in [1.54, 1.807) is 18.0 Å².